The smallest absolute Gasteiger partial charge is 0.330 e. The zero-order chi connectivity index (χ0) is 15.4. The lowest BCUT2D eigenvalue weighted by Crippen LogP contribution is -2.33. The minimum Gasteiger partial charge on any atom is -0.508 e. The first-order valence-corrected chi connectivity index (χ1v) is 6.37. The molecule has 1 atom stereocenters. The molecule has 5 nitrogen and oxygen atoms in total. The zero-order valence-electron chi connectivity index (χ0n) is 11.4. The molecular weight excluding hydrogens is 270 g/mol. The second-order valence-corrected chi connectivity index (χ2v) is 4.66. The minimum atomic E-state index is -1.17. The van der Waals surface area contributed by atoms with Crippen LogP contribution in [0.4, 0.5) is 0 Å². The number of nitrogens with one attached hydrogen (secondary N) is 1. The van der Waals surface area contributed by atoms with Crippen molar-refractivity contribution in [3.63, 3.8) is 0 Å². The second-order valence-electron chi connectivity index (χ2n) is 4.66. The number of benzene rings is 2. The van der Waals surface area contributed by atoms with Crippen molar-refractivity contribution in [1.29, 1.82) is 0 Å². The van der Waals surface area contributed by atoms with E-state index in [4.69, 9.17) is 0 Å². The zero-order valence-corrected chi connectivity index (χ0v) is 11.4. The maximum atomic E-state index is 12.1. The second kappa shape index (κ2) is 6.09. The van der Waals surface area contributed by atoms with Gasteiger partial charge in [0.05, 0.1) is 0 Å². The van der Waals surface area contributed by atoms with Gasteiger partial charge in [-0.3, -0.25) is 4.79 Å². The summed E-state index contributed by atoms with van der Waals surface area (Å²) in [5.74, 6) is -1.55. The Hall–Kier alpha value is -2.82. The molecule has 108 valence electrons. The van der Waals surface area contributed by atoms with E-state index in [-0.39, 0.29) is 5.75 Å². The Bertz CT molecular complexity index is 667. The number of aromatic hydroxyl groups is 1. The van der Waals surface area contributed by atoms with Gasteiger partial charge in [0.15, 0.2) is 6.04 Å². The molecule has 0 aromatic heterocycles. The van der Waals surface area contributed by atoms with Crippen molar-refractivity contribution in [3.05, 3.63) is 65.2 Å². The highest BCUT2D eigenvalue weighted by molar-refractivity contribution is 5.96. The van der Waals surface area contributed by atoms with Crippen molar-refractivity contribution in [1.82, 2.24) is 5.32 Å². The molecule has 0 saturated carbocycles. The van der Waals surface area contributed by atoms with Crippen LogP contribution in [-0.4, -0.2) is 22.1 Å². The number of carbonyl (C=O) groups excluding carboxylic acids is 1. The number of hydrogen-bond acceptors (Lipinski definition) is 3. The average molecular weight is 285 g/mol. The Labute approximate surface area is 121 Å². The summed E-state index contributed by atoms with van der Waals surface area (Å²) in [6.45, 7) is 1.66. The van der Waals surface area contributed by atoms with E-state index in [1.165, 1.54) is 12.1 Å². The molecule has 0 aliphatic carbocycles. The summed E-state index contributed by atoms with van der Waals surface area (Å²) in [5, 5.41) is 21.3. The maximum absolute atomic E-state index is 12.1. The van der Waals surface area contributed by atoms with Crippen LogP contribution in [0.5, 0.6) is 5.75 Å². The summed E-state index contributed by atoms with van der Waals surface area (Å²) in [6, 6.07) is 11.7. The first-order chi connectivity index (χ1) is 9.99. The van der Waals surface area contributed by atoms with Gasteiger partial charge in [0, 0.05) is 5.56 Å². The van der Waals surface area contributed by atoms with Crippen LogP contribution < -0.4 is 5.32 Å². The Morgan fingerprint density at radius 1 is 1.10 bits per heavy atom. The molecule has 0 radical (unpaired) electrons. The molecule has 2 rings (SSSR count). The quantitative estimate of drug-likeness (QED) is 0.804. The highest BCUT2D eigenvalue weighted by Gasteiger charge is 2.23. The van der Waals surface area contributed by atoms with Crippen LogP contribution in [0.15, 0.2) is 48.5 Å². The van der Waals surface area contributed by atoms with Crippen molar-refractivity contribution < 1.29 is 19.8 Å². The standard InChI is InChI=1S/C16H15NO4/c1-10-9-12(7-8-13(10)18)14(16(20)21)17-15(19)11-5-3-2-4-6-11/h2-9,14,18H,1H3,(H,17,19)(H,20,21). The monoisotopic (exact) mass is 285 g/mol. The third-order valence-electron chi connectivity index (χ3n) is 3.11. The summed E-state index contributed by atoms with van der Waals surface area (Å²) in [6.07, 6.45) is 0. The summed E-state index contributed by atoms with van der Waals surface area (Å²) in [5.41, 5.74) is 1.34. The third kappa shape index (κ3) is 3.39. The van der Waals surface area contributed by atoms with Gasteiger partial charge >= 0.3 is 5.97 Å². The number of hydrogen-bond donors (Lipinski definition) is 3. The number of aryl methyl sites for hydroxylation is 1. The fourth-order valence-electron chi connectivity index (χ4n) is 1.95. The van der Waals surface area contributed by atoms with Gasteiger partial charge in [-0.05, 0) is 42.3 Å². The van der Waals surface area contributed by atoms with Crippen molar-refractivity contribution in [2.45, 2.75) is 13.0 Å². The Balaban J connectivity index is 2.26. The number of aliphatic carboxylic acids is 1. The lowest BCUT2D eigenvalue weighted by atomic mass is 10.0. The number of amides is 1. The molecule has 2 aromatic rings. The third-order valence-corrected chi connectivity index (χ3v) is 3.11. The Morgan fingerprint density at radius 2 is 1.76 bits per heavy atom. The summed E-state index contributed by atoms with van der Waals surface area (Å²) >= 11 is 0. The van der Waals surface area contributed by atoms with Gasteiger partial charge in [-0.15, -0.1) is 0 Å². The molecule has 0 fully saturated rings. The van der Waals surface area contributed by atoms with Gasteiger partial charge in [0.25, 0.3) is 5.91 Å². The van der Waals surface area contributed by atoms with E-state index in [0.717, 1.165) is 0 Å². The number of carbonyl (C=O) groups is 2. The molecule has 0 saturated heterocycles. The van der Waals surface area contributed by atoms with E-state index >= 15 is 0 Å². The van der Waals surface area contributed by atoms with Crippen LogP contribution in [0.2, 0.25) is 0 Å². The Kier molecular flexibility index (Phi) is 4.23. The number of carboxylic acid groups (broad SMARTS) is 1. The summed E-state index contributed by atoms with van der Waals surface area (Å²) in [7, 11) is 0. The SMILES string of the molecule is Cc1cc(C(NC(=O)c2ccccc2)C(=O)O)ccc1O. The fraction of sp³-hybridized carbons (Fsp3) is 0.125. The number of carboxylic acids is 1. The van der Waals surface area contributed by atoms with E-state index in [2.05, 4.69) is 5.32 Å². The number of phenolic OH excluding ortho intramolecular Hbond substituents is 1. The highest BCUT2D eigenvalue weighted by Crippen LogP contribution is 2.22. The molecule has 0 aliphatic heterocycles. The first kappa shape index (κ1) is 14.6. The van der Waals surface area contributed by atoms with Gasteiger partial charge in [-0.25, -0.2) is 4.79 Å². The Morgan fingerprint density at radius 3 is 2.33 bits per heavy atom. The van der Waals surface area contributed by atoms with Gasteiger partial charge in [0.1, 0.15) is 5.75 Å². The van der Waals surface area contributed by atoms with Gasteiger partial charge in [-0.2, -0.15) is 0 Å². The molecule has 2 aromatic carbocycles. The van der Waals surface area contributed by atoms with Crippen LogP contribution in [0, 0.1) is 6.92 Å². The van der Waals surface area contributed by atoms with E-state index in [1.807, 2.05) is 0 Å². The summed E-state index contributed by atoms with van der Waals surface area (Å²) < 4.78 is 0. The van der Waals surface area contributed by atoms with Crippen molar-refractivity contribution >= 4 is 11.9 Å². The van der Waals surface area contributed by atoms with E-state index in [9.17, 15) is 19.8 Å². The van der Waals surface area contributed by atoms with Gasteiger partial charge < -0.3 is 15.5 Å². The molecule has 3 N–H and O–H groups in total. The predicted molar refractivity (Wildman–Crippen MR) is 77.1 cm³/mol. The molecule has 1 amide bonds. The molecule has 0 heterocycles. The van der Waals surface area contributed by atoms with Crippen molar-refractivity contribution in [3.8, 4) is 5.75 Å². The number of rotatable bonds is 4. The normalized spacial score (nSPS) is 11.7. The van der Waals surface area contributed by atoms with E-state index < -0.39 is 17.9 Å². The molecule has 1 unspecified atom stereocenters. The summed E-state index contributed by atoms with van der Waals surface area (Å²) in [4.78, 5) is 23.4. The predicted octanol–water partition coefficient (Wildman–Crippen LogP) is 2.26. The van der Waals surface area contributed by atoms with E-state index in [0.29, 0.717) is 16.7 Å². The van der Waals surface area contributed by atoms with E-state index in [1.54, 1.807) is 43.3 Å². The molecule has 0 aliphatic rings. The van der Waals surface area contributed by atoms with Crippen molar-refractivity contribution in [2.75, 3.05) is 0 Å². The fourth-order valence-corrected chi connectivity index (χ4v) is 1.95. The lowest BCUT2D eigenvalue weighted by Gasteiger charge is -2.16. The van der Waals surface area contributed by atoms with Crippen LogP contribution >= 0.6 is 0 Å². The molecule has 21 heavy (non-hydrogen) atoms. The molecule has 5 heteroatoms. The van der Waals surface area contributed by atoms with Crippen LogP contribution in [0.3, 0.4) is 0 Å². The van der Waals surface area contributed by atoms with Crippen LogP contribution in [-0.2, 0) is 4.79 Å². The average Bonchev–Trinajstić information content (AvgIpc) is 2.48. The molecular formula is C16H15NO4. The molecule has 0 spiro atoms. The lowest BCUT2D eigenvalue weighted by molar-refractivity contribution is -0.139. The maximum Gasteiger partial charge on any atom is 0.330 e. The minimum absolute atomic E-state index is 0.0808. The first-order valence-electron chi connectivity index (χ1n) is 6.37. The van der Waals surface area contributed by atoms with Crippen LogP contribution in [0.1, 0.15) is 27.5 Å². The highest BCUT2D eigenvalue weighted by atomic mass is 16.4. The topological polar surface area (TPSA) is 86.6 Å². The largest absolute Gasteiger partial charge is 0.508 e. The number of phenols is 1. The molecule has 0 bridgehead atoms. The van der Waals surface area contributed by atoms with Crippen molar-refractivity contribution in [2.24, 2.45) is 0 Å². The van der Waals surface area contributed by atoms with Gasteiger partial charge in [0.2, 0.25) is 0 Å². The van der Waals surface area contributed by atoms with Gasteiger partial charge in [-0.1, -0.05) is 24.3 Å². The van der Waals surface area contributed by atoms with Crippen LogP contribution in [0.25, 0.3) is 0 Å².